The molecular formula is C23H22BrCl2N3O2. The van der Waals surface area contributed by atoms with Crippen molar-refractivity contribution in [3.05, 3.63) is 79.0 Å². The molecule has 3 rings (SSSR count). The van der Waals surface area contributed by atoms with Crippen molar-refractivity contribution >= 4 is 51.3 Å². The second-order valence-electron chi connectivity index (χ2n) is 7.18. The molecule has 0 saturated carbocycles. The smallest absolute Gasteiger partial charge is 0.277 e. The number of amides is 1. The summed E-state index contributed by atoms with van der Waals surface area (Å²) in [7, 11) is 0. The summed E-state index contributed by atoms with van der Waals surface area (Å²) in [5.74, 6) is -0.0215. The first-order valence-corrected chi connectivity index (χ1v) is 11.1. The Morgan fingerprint density at radius 1 is 1.13 bits per heavy atom. The number of halogens is 3. The van der Waals surface area contributed by atoms with Gasteiger partial charge in [-0.3, -0.25) is 4.79 Å². The first-order chi connectivity index (χ1) is 14.7. The van der Waals surface area contributed by atoms with Gasteiger partial charge in [-0.05, 0) is 79.0 Å². The van der Waals surface area contributed by atoms with Gasteiger partial charge < -0.3 is 9.30 Å². The maximum Gasteiger partial charge on any atom is 0.277 e. The van der Waals surface area contributed by atoms with Crippen LogP contribution in [0.5, 0.6) is 5.75 Å². The van der Waals surface area contributed by atoms with Gasteiger partial charge in [0.1, 0.15) is 5.75 Å². The summed E-state index contributed by atoms with van der Waals surface area (Å²) in [6, 6.07) is 11.2. The lowest BCUT2D eigenvalue weighted by molar-refractivity contribution is -0.123. The molecule has 0 spiro atoms. The molecule has 2 aromatic carbocycles. The number of nitrogens with one attached hydrogen (secondary N) is 1. The molecule has 0 aliphatic carbocycles. The van der Waals surface area contributed by atoms with Crippen LogP contribution in [0.2, 0.25) is 10.0 Å². The van der Waals surface area contributed by atoms with Crippen LogP contribution in [0.4, 0.5) is 0 Å². The minimum absolute atomic E-state index is 0.221. The van der Waals surface area contributed by atoms with Crippen molar-refractivity contribution in [3.8, 4) is 11.4 Å². The number of benzene rings is 2. The predicted octanol–water partition coefficient (Wildman–Crippen LogP) is 6.31. The van der Waals surface area contributed by atoms with Crippen molar-refractivity contribution in [2.75, 3.05) is 6.61 Å². The number of hydrazone groups is 1. The third-order valence-electron chi connectivity index (χ3n) is 4.86. The highest BCUT2D eigenvalue weighted by molar-refractivity contribution is 9.10. The van der Waals surface area contributed by atoms with E-state index in [0.717, 1.165) is 27.1 Å². The van der Waals surface area contributed by atoms with Gasteiger partial charge in [0.2, 0.25) is 0 Å². The quantitative estimate of drug-likeness (QED) is 0.304. The Labute approximate surface area is 200 Å². The number of hydrogen-bond acceptors (Lipinski definition) is 3. The Hall–Kier alpha value is -2.28. The van der Waals surface area contributed by atoms with Crippen LogP contribution in [-0.2, 0) is 4.79 Å². The molecular weight excluding hydrogens is 501 g/mol. The van der Waals surface area contributed by atoms with E-state index in [1.54, 1.807) is 24.4 Å². The van der Waals surface area contributed by atoms with E-state index >= 15 is 0 Å². The molecule has 3 aromatic rings. The molecule has 31 heavy (non-hydrogen) atoms. The fourth-order valence-corrected chi connectivity index (χ4v) is 4.26. The molecule has 0 unspecified atom stereocenters. The number of hydrogen-bond donors (Lipinski definition) is 1. The summed E-state index contributed by atoms with van der Waals surface area (Å²) in [4.78, 5) is 12.1. The Balaban J connectivity index is 1.72. The lowest BCUT2D eigenvalue weighted by Crippen LogP contribution is -2.24. The Bertz CT molecular complexity index is 1170. The molecule has 5 nitrogen and oxygen atoms in total. The second-order valence-corrected chi connectivity index (χ2v) is 8.82. The third kappa shape index (κ3) is 5.32. The van der Waals surface area contributed by atoms with Gasteiger partial charge in [0, 0.05) is 32.1 Å². The van der Waals surface area contributed by atoms with E-state index in [-0.39, 0.29) is 6.61 Å². The van der Waals surface area contributed by atoms with Crippen LogP contribution in [0.3, 0.4) is 0 Å². The van der Waals surface area contributed by atoms with Crippen molar-refractivity contribution in [1.82, 2.24) is 9.99 Å². The summed E-state index contributed by atoms with van der Waals surface area (Å²) in [5.41, 5.74) is 8.92. The van der Waals surface area contributed by atoms with Crippen LogP contribution in [0, 0.1) is 27.7 Å². The van der Waals surface area contributed by atoms with Crippen molar-refractivity contribution in [2.45, 2.75) is 27.7 Å². The topological polar surface area (TPSA) is 55.6 Å². The van der Waals surface area contributed by atoms with Crippen LogP contribution in [0.25, 0.3) is 5.69 Å². The summed E-state index contributed by atoms with van der Waals surface area (Å²) < 4.78 is 8.53. The van der Waals surface area contributed by atoms with Crippen LogP contribution in [0.15, 0.2) is 46.0 Å². The number of rotatable bonds is 6. The van der Waals surface area contributed by atoms with Crippen LogP contribution < -0.4 is 10.2 Å². The van der Waals surface area contributed by atoms with Crippen molar-refractivity contribution in [3.63, 3.8) is 0 Å². The SMILES string of the molecule is Cc1ccc(C)c(-n2c(C)c(Br)c(/C=N\NC(=O)COc3ccc(Cl)cc3Cl)c2C)c1. The molecule has 0 fully saturated rings. The number of carbonyl (C=O) groups excluding carboxylic acids is 1. The lowest BCUT2D eigenvalue weighted by atomic mass is 10.1. The molecule has 0 bridgehead atoms. The zero-order valence-corrected chi connectivity index (χ0v) is 20.7. The summed E-state index contributed by atoms with van der Waals surface area (Å²) >= 11 is 15.6. The van der Waals surface area contributed by atoms with Gasteiger partial charge in [0.05, 0.1) is 11.2 Å². The van der Waals surface area contributed by atoms with Gasteiger partial charge in [-0.25, -0.2) is 5.43 Å². The van der Waals surface area contributed by atoms with Crippen LogP contribution in [-0.4, -0.2) is 23.3 Å². The second kappa shape index (κ2) is 9.90. The van der Waals surface area contributed by atoms with Crippen molar-refractivity contribution in [1.29, 1.82) is 0 Å². The van der Waals surface area contributed by atoms with E-state index in [1.807, 2.05) is 13.8 Å². The van der Waals surface area contributed by atoms with E-state index in [1.165, 1.54) is 11.1 Å². The predicted molar refractivity (Wildman–Crippen MR) is 130 cm³/mol. The third-order valence-corrected chi connectivity index (χ3v) is 6.39. The van der Waals surface area contributed by atoms with Crippen LogP contribution >= 0.6 is 39.1 Å². The monoisotopic (exact) mass is 521 g/mol. The molecule has 0 aliphatic rings. The average Bonchev–Trinajstić information content (AvgIpc) is 2.92. The normalized spacial score (nSPS) is 11.2. The fraction of sp³-hybridized carbons (Fsp3) is 0.217. The summed E-state index contributed by atoms with van der Waals surface area (Å²) in [6.07, 6.45) is 1.63. The van der Waals surface area contributed by atoms with Gasteiger partial charge in [0.25, 0.3) is 5.91 Å². The molecule has 0 atom stereocenters. The van der Waals surface area contributed by atoms with Gasteiger partial charge in [-0.15, -0.1) is 0 Å². The molecule has 8 heteroatoms. The van der Waals surface area contributed by atoms with Gasteiger partial charge in [-0.2, -0.15) is 5.10 Å². The minimum atomic E-state index is -0.401. The molecule has 0 saturated heterocycles. The standard InChI is InChI=1S/C23H22BrCl2N3O2/c1-13-5-6-14(2)20(9-13)29-15(3)18(23(24)16(29)4)11-27-28-22(30)12-31-21-8-7-17(25)10-19(21)26/h5-11H,12H2,1-4H3,(H,28,30)/b27-11-. The molecule has 1 N–H and O–H groups in total. The molecule has 1 amide bonds. The van der Waals surface area contributed by atoms with E-state index in [2.05, 4.69) is 63.1 Å². The number of aromatic nitrogens is 1. The van der Waals surface area contributed by atoms with E-state index in [4.69, 9.17) is 27.9 Å². The number of aryl methyl sites for hydroxylation is 2. The highest BCUT2D eigenvalue weighted by Gasteiger charge is 2.17. The Kier molecular flexibility index (Phi) is 7.46. The van der Waals surface area contributed by atoms with E-state index in [0.29, 0.717) is 15.8 Å². The Morgan fingerprint density at radius 2 is 1.87 bits per heavy atom. The highest BCUT2D eigenvalue weighted by atomic mass is 79.9. The Morgan fingerprint density at radius 3 is 2.58 bits per heavy atom. The molecule has 1 aromatic heterocycles. The van der Waals surface area contributed by atoms with E-state index < -0.39 is 5.91 Å². The first-order valence-electron chi connectivity index (χ1n) is 9.53. The molecule has 1 heterocycles. The maximum atomic E-state index is 12.1. The van der Waals surface area contributed by atoms with Gasteiger partial charge in [0.15, 0.2) is 6.61 Å². The number of carbonyl (C=O) groups is 1. The van der Waals surface area contributed by atoms with Gasteiger partial charge in [-0.1, -0.05) is 35.3 Å². The lowest BCUT2D eigenvalue weighted by Gasteiger charge is -2.13. The van der Waals surface area contributed by atoms with Crippen molar-refractivity contribution in [2.24, 2.45) is 5.10 Å². The maximum absolute atomic E-state index is 12.1. The van der Waals surface area contributed by atoms with Crippen LogP contribution in [0.1, 0.15) is 28.1 Å². The minimum Gasteiger partial charge on any atom is -0.482 e. The number of ether oxygens (including phenoxy) is 1. The summed E-state index contributed by atoms with van der Waals surface area (Å²) in [6.45, 7) is 8.00. The highest BCUT2D eigenvalue weighted by Crippen LogP contribution is 2.31. The number of nitrogens with zero attached hydrogens (tertiary/aromatic N) is 2. The fourth-order valence-electron chi connectivity index (χ4n) is 3.23. The largest absolute Gasteiger partial charge is 0.482 e. The zero-order valence-electron chi connectivity index (χ0n) is 17.6. The van der Waals surface area contributed by atoms with Gasteiger partial charge >= 0.3 is 0 Å². The zero-order chi connectivity index (χ0) is 22.7. The summed E-state index contributed by atoms with van der Waals surface area (Å²) in [5, 5.41) is 4.93. The first kappa shape index (κ1) is 23.4. The molecule has 0 aliphatic heterocycles. The molecule has 0 radical (unpaired) electrons. The van der Waals surface area contributed by atoms with Crippen molar-refractivity contribution < 1.29 is 9.53 Å². The average molecular weight is 523 g/mol. The molecule has 162 valence electrons. The van der Waals surface area contributed by atoms with E-state index in [9.17, 15) is 4.79 Å².